The van der Waals surface area contributed by atoms with E-state index in [1.54, 1.807) is 36.5 Å². The van der Waals surface area contributed by atoms with E-state index in [4.69, 9.17) is 16.9 Å². The molecule has 1 amide bonds. The lowest BCUT2D eigenvalue weighted by molar-refractivity contribution is -0.121. The molecule has 172 valence electrons. The largest absolute Gasteiger partial charge is 0.399 e. The van der Waals surface area contributed by atoms with Crippen molar-refractivity contribution in [1.29, 1.82) is 5.41 Å². The molecule has 0 fully saturated rings. The van der Waals surface area contributed by atoms with E-state index < -0.39 is 0 Å². The second kappa shape index (κ2) is 9.99. The normalized spacial score (nSPS) is 10.8. The topological polar surface area (TPSA) is 152 Å². The molecule has 2 aromatic carbocycles. The molecule has 33 heavy (non-hydrogen) atoms. The zero-order valence-corrected chi connectivity index (χ0v) is 19.0. The highest BCUT2D eigenvalue weighted by Gasteiger charge is 2.16. The Balaban J connectivity index is 1.88. The van der Waals surface area contributed by atoms with E-state index in [0.29, 0.717) is 22.5 Å². The second-order valence-corrected chi connectivity index (χ2v) is 8.20. The predicted octanol–water partition coefficient (Wildman–Crippen LogP) is 2.22. The van der Waals surface area contributed by atoms with E-state index in [-0.39, 0.29) is 42.3 Å². The number of hydrogen-bond donors (Lipinski definition) is 5. The Kier molecular flexibility index (Phi) is 7.12. The molecule has 3 aromatic rings. The van der Waals surface area contributed by atoms with Crippen molar-refractivity contribution in [2.45, 2.75) is 39.9 Å². The summed E-state index contributed by atoms with van der Waals surface area (Å²) in [6.45, 7) is 5.83. The lowest BCUT2D eigenvalue weighted by Gasteiger charge is -2.16. The molecule has 3 rings (SSSR count). The Morgan fingerprint density at radius 2 is 1.88 bits per heavy atom. The van der Waals surface area contributed by atoms with Crippen molar-refractivity contribution < 1.29 is 4.79 Å². The number of carbonyl (C=O) groups excluding carboxylic acids is 1. The number of amidine groups is 1. The summed E-state index contributed by atoms with van der Waals surface area (Å²) in [6.07, 6.45) is 1.58. The van der Waals surface area contributed by atoms with Gasteiger partial charge in [0.15, 0.2) is 5.82 Å². The third kappa shape index (κ3) is 5.97. The molecule has 0 saturated heterocycles. The van der Waals surface area contributed by atoms with Crippen LogP contribution in [0, 0.1) is 12.3 Å². The highest BCUT2D eigenvalue weighted by Crippen LogP contribution is 2.23. The van der Waals surface area contributed by atoms with Crippen LogP contribution < -0.4 is 27.7 Å². The standard InChI is InChI=1S/C24H29N7O2/c1-14(2)30-23-24(33)31(20(12-29-23)18-8-15(3)9-19(25)10-18)13-21(32)28-11-16-4-6-17(7-5-16)22(26)27/h4-10,12,14H,11,13,25H2,1-3H3,(H3,26,27)(H,28,32)(H,29,30). The number of nitrogens with two attached hydrogens (primary N) is 2. The molecule has 0 bridgehead atoms. The van der Waals surface area contributed by atoms with Gasteiger partial charge in [-0.2, -0.15) is 0 Å². The van der Waals surface area contributed by atoms with Crippen molar-refractivity contribution in [3.05, 3.63) is 75.7 Å². The van der Waals surface area contributed by atoms with Crippen molar-refractivity contribution in [3.63, 3.8) is 0 Å². The number of rotatable bonds is 8. The van der Waals surface area contributed by atoms with E-state index in [2.05, 4.69) is 15.6 Å². The van der Waals surface area contributed by atoms with Crippen LogP contribution >= 0.6 is 0 Å². The van der Waals surface area contributed by atoms with Gasteiger partial charge in [0.2, 0.25) is 5.91 Å². The Labute approximate surface area is 192 Å². The molecule has 0 aliphatic carbocycles. The van der Waals surface area contributed by atoms with E-state index in [9.17, 15) is 9.59 Å². The first kappa shape index (κ1) is 23.5. The molecule has 0 aliphatic heterocycles. The third-order valence-corrected chi connectivity index (χ3v) is 4.93. The summed E-state index contributed by atoms with van der Waals surface area (Å²) in [7, 11) is 0. The van der Waals surface area contributed by atoms with Crippen molar-refractivity contribution in [2.24, 2.45) is 5.73 Å². The first-order valence-electron chi connectivity index (χ1n) is 10.6. The lowest BCUT2D eigenvalue weighted by Crippen LogP contribution is -2.35. The first-order chi connectivity index (χ1) is 15.6. The maximum Gasteiger partial charge on any atom is 0.294 e. The van der Waals surface area contributed by atoms with Gasteiger partial charge in [-0.1, -0.05) is 24.3 Å². The van der Waals surface area contributed by atoms with Crippen LogP contribution in [0.3, 0.4) is 0 Å². The van der Waals surface area contributed by atoms with Crippen LogP contribution in [-0.4, -0.2) is 27.3 Å². The molecular weight excluding hydrogens is 418 g/mol. The number of anilines is 2. The summed E-state index contributed by atoms with van der Waals surface area (Å²) < 4.78 is 1.40. The number of amides is 1. The fourth-order valence-corrected chi connectivity index (χ4v) is 3.41. The average Bonchev–Trinajstić information content (AvgIpc) is 2.74. The Bertz CT molecular complexity index is 1210. The minimum Gasteiger partial charge on any atom is -0.399 e. The van der Waals surface area contributed by atoms with Crippen molar-refractivity contribution in [1.82, 2.24) is 14.9 Å². The zero-order chi connectivity index (χ0) is 24.1. The van der Waals surface area contributed by atoms with Gasteiger partial charge >= 0.3 is 0 Å². The van der Waals surface area contributed by atoms with Crippen LogP contribution in [0.4, 0.5) is 11.5 Å². The van der Waals surface area contributed by atoms with Gasteiger partial charge < -0.3 is 22.1 Å². The van der Waals surface area contributed by atoms with Crippen molar-refractivity contribution in [3.8, 4) is 11.3 Å². The van der Waals surface area contributed by atoms with Gasteiger partial charge in [-0.05, 0) is 50.1 Å². The van der Waals surface area contributed by atoms with Gasteiger partial charge in [-0.25, -0.2) is 4.98 Å². The highest BCUT2D eigenvalue weighted by atomic mass is 16.2. The molecule has 0 unspecified atom stereocenters. The monoisotopic (exact) mass is 447 g/mol. The molecule has 9 nitrogen and oxygen atoms in total. The predicted molar refractivity (Wildman–Crippen MR) is 131 cm³/mol. The van der Waals surface area contributed by atoms with Crippen LogP contribution in [-0.2, 0) is 17.9 Å². The Morgan fingerprint density at radius 1 is 1.18 bits per heavy atom. The molecule has 0 aliphatic rings. The smallest absolute Gasteiger partial charge is 0.294 e. The molecule has 0 atom stereocenters. The van der Waals surface area contributed by atoms with E-state index in [0.717, 1.165) is 11.1 Å². The third-order valence-electron chi connectivity index (χ3n) is 4.93. The van der Waals surface area contributed by atoms with E-state index in [1.165, 1.54) is 4.57 Å². The van der Waals surface area contributed by atoms with Crippen molar-refractivity contribution >= 4 is 23.2 Å². The number of benzene rings is 2. The molecule has 1 heterocycles. The molecule has 7 N–H and O–H groups in total. The lowest BCUT2D eigenvalue weighted by atomic mass is 10.1. The van der Waals surface area contributed by atoms with Gasteiger partial charge in [-0.3, -0.25) is 19.6 Å². The average molecular weight is 448 g/mol. The fraction of sp³-hybridized carbons (Fsp3) is 0.250. The second-order valence-electron chi connectivity index (χ2n) is 8.20. The summed E-state index contributed by atoms with van der Waals surface area (Å²) in [6, 6.07) is 12.5. The molecule has 0 radical (unpaired) electrons. The minimum atomic E-state index is -0.387. The summed E-state index contributed by atoms with van der Waals surface area (Å²) in [5, 5.41) is 13.3. The molecule has 0 spiro atoms. The SMILES string of the molecule is Cc1cc(N)cc(-c2cnc(NC(C)C)c(=O)n2CC(=O)NCc2ccc(C(=N)N)cc2)c1. The highest BCUT2D eigenvalue weighted by molar-refractivity contribution is 5.94. The number of carbonyl (C=O) groups is 1. The minimum absolute atomic E-state index is 0.00548. The van der Waals surface area contributed by atoms with Crippen LogP contribution in [0.25, 0.3) is 11.3 Å². The Hall–Kier alpha value is -4.14. The Morgan fingerprint density at radius 3 is 2.48 bits per heavy atom. The van der Waals surface area contributed by atoms with Gasteiger partial charge in [0.25, 0.3) is 5.56 Å². The summed E-state index contributed by atoms with van der Waals surface area (Å²) in [4.78, 5) is 30.2. The molecule has 9 heteroatoms. The van der Waals surface area contributed by atoms with Gasteiger partial charge in [-0.15, -0.1) is 0 Å². The summed E-state index contributed by atoms with van der Waals surface area (Å²) in [5.41, 5.74) is 15.3. The summed E-state index contributed by atoms with van der Waals surface area (Å²) >= 11 is 0. The van der Waals surface area contributed by atoms with Crippen LogP contribution in [0.1, 0.15) is 30.5 Å². The van der Waals surface area contributed by atoms with Gasteiger partial charge in [0, 0.05) is 29.4 Å². The van der Waals surface area contributed by atoms with Gasteiger partial charge in [0.1, 0.15) is 12.4 Å². The fourth-order valence-electron chi connectivity index (χ4n) is 3.41. The number of nitrogens with one attached hydrogen (secondary N) is 3. The molecule has 1 aromatic heterocycles. The molecule has 0 saturated carbocycles. The van der Waals surface area contributed by atoms with Crippen LogP contribution in [0.15, 0.2) is 53.5 Å². The number of nitrogens with zero attached hydrogens (tertiary/aromatic N) is 2. The molecular formula is C24H29N7O2. The zero-order valence-electron chi connectivity index (χ0n) is 19.0. The summed E-state index contributed by atoms with van der Waals surface area (Å²) in [5.74, 6) is -0.156. The maximum absolute atomic E-state index is 13.2. The number of nitrogen functional groups attached to an aromatic ring is 2. The van der Waals surface area contributed by atoms with Gasteiger partial charge in [0.05, 0.1) is 11.9 Å². The van der Waals surface area contributed by atoms with Crippen LogP contribution in [0.2, 0.25) is 0 Å². The van der Waals surface area contributed by atoms with Crippen molar-refractivity contribution in [2.75, 3.05) is 11.1 Å². The number of aromatic nitrogens is 2. The quantitative estimate of drug-likeness (QED) is 0.203. The number of hydrogen-bond acceptors (Lipinski definition) is 6. The van der Waals surface area contributed by atoms with E-state index in [1.807, 2.05) is 32.9 Å². The number of aryl methyl sites for hydroxylation is 1. The van der Waals surface area contributed by atoms with E-state index >= 15 is 0 Å². The first-order valence-corrected chi connectivity index (χ1v) is 10.6. The maximum atomic E-state index is 13.2. The van der Waals surface area contributed by atoms with Crippen LogP contribution in [0.5, 0.6) is 0 Å².